The number of aromatic nitrogens is 1. The van der Waals surface area contributed by atoms with E-state index >= 15 is 0 Å². The lowest BCUT2D eigenvalue weighted by atomic mass is 10.2. The van der Waals surface area contributed by atoms with Crippen molar-refractivity contribution in [2.75, 3.05) is 11.9 Å². The average molecular weight is 241 g/mol. The Bertz CT molecular complexity index is 576. The summed E-state index contributed by atoms with van der Waals surface area (Å²) in [5.41, 5.74) is 2.55. The van der Waals surface area contributed by atoms with Gasteiger partial charge in [0.15, 0.2) is 0 Å². The van der Waals surface area contributed by atoms with Crippen molar-refractivity contribution in [3.8, 4) is 6.07 Å². The van der Waals surface area contributed by atoms with Gasteiger partial charge in [-0.05, 0) is 32.0 Å². The van der Waals surface area contributed by atoms with Crippen LogP contribution in [0, 0.1) is 25.2 Å². The minimum atomic E-state index is 0.587. The van der Waals surface area contributed by atoms with Gasteiger partial charge < -0.3 is 9.32 Å². The summed E-state index contributed by atoms with van der Waals surface area (Å²) in [6.45, 7) is 4.42. The Morgan fingerprint density at radius 1 is 1.39 bits per heavy atom. The maximum atomic E-state index is 8.87. The first kappa shape index (κ1) is 12.2. The molecule has 0 spiro atoms. The second-order valence-corrected chi connectivity index (χ2v) is 4.27. The molecule has 1 aromatic heterocycles. The van der Waals surface area contributed by atoms with E-state index < -0.39 is 0 Å². The van der Waals surface area contributed by atoms with E-state index in [1.807, 2.05) is 44.0 Å². The number of oxazole rings is 1. The average Bonchev–Trinajstić information content (AvgIpc) is 2.68. The SMILES string of the molecule is Cc1nc(CN(C)c2cccc(C#N)c2)oc1C. The molecule has 0 radical (unpaired) electrons. The molecular weight excluding hydrogens is 226 g/mol. The highest BCUT2D eigenvalue weighted by Crippen LogP contribution is 2.17. The number of nitriles is 1. The molecule has 0 amide bonds. The van der Waals surface area contributed by atoms with Gasteiger partial charge in [-0.2, -0.15) is 5.26 Å². The largest absolute Gasteiger partial charge is 0.444 e. The second-order valence-electron chi connectivity index (χ2n) is 4.27. The summed E-state index contributed by atoms with van der Waals surface area (Å²) in [5.74, 6) is 1.54. The normalized spacial score (nSPS) is 10.1. The molecule has 0 bridgehead atoms. The van der Waals surface area contributed by atoms with Gasteiger partial charge in [0.2, 0.25) is 5.89 Å². The molecule has 0 unspecified atom stereocenters. The topological polar surface area (TPSA) is 53.1 Å². The molecule has 0 saturated carbocycles. The Morgan fingerprint density at radius 2 is 2.17 bits per heavy atom. The Kier molecular flexibility index (Phi) is 3.33. The number of benzene rings is 1. The molecule has 92 valence electrons. The molecule has 1 aromatic carbocycles. The van der Waals surface area contributed by atoms with Crippen LogP contribution in [0.4, 0.5) is 5.69 Å². The highest BCUT2D eigenvalue weighted by Gasteiger charge is 2.09. The van der Waals surface area contributed by atoms with Crippen LogP contribution in [-0.2, 0) is 6.54 Å². The van der Waals surface area contributed by atoms with Crippen LogP contribution in [0.5, 0.6) is 0 Å². The van der Waals surface area contributed by atoms with Gasteiger partial charge in [0.25, 0.3) is 0 Å². The van der Waals surface area contributed by atoms with Crippen molar-refractivity contribution < 1.29 is 4.42 Å². The fraction of sp³-hybridized carbons (Fsp3) is 0.286. The molecule has 0 aliphatic heterocycles. The summed E-state index contributed by atoms with van der Waals surface area (Å²) in [6.07, 6.45) is 0. The smallest absolute Gasteiger partial charge is 0.214 e. The minimum Gasteiger partial charge on any atom is -0.444 e. The standard InChI is InChI=1S/C14H15N3O/c1-10-11(2)18-14(16-10)9-17(3)13-6-4-5-12(7-13)8-15/h4-7H,9H2,1-3H3. The molecule has 2 rings (SSSR count). The summed E-state index contributed by atoms with van der Waals surface area (Å²) < 4.78 is 5.55. The van der Waals surface area contributed by atoms with E-state index in [0.717, 1.165) is 17.1 Å². The third kappa shape index (κ3) is 2.51. The van der Waals surface area contributed by atoms with Crippen molar-refractivity contribution in [1.82, 2.24) is 4.98 Å². The van der Waals surface area contributed by atoms with Gasteiger partial charge in [-0.15, -0.1) is 0 Å². The van der Waals surface area contributed by atoms with Crippen LogP contribution in [0.25, 0.3) is 0 Å². The highest BCUT2D eigenvalue weighted by atomic mass is 16.4. The van der Waals surface area contributed by atoms with E-state index in [-0.39, 0.29) is 0 Å². The summed E-state index contributed by atoms with van der Waals surface area (Å²) >= 11 is 0. The van der Waals surface area contributed by atoms with E-state index in [1.54, 1.807) is 6.07 Å². The van der Waals surface area contributed by atoms with Crippen LogP contribution in [-0.4, -0.2) is 12.0 Å². The highest BCUT2D eigenvalue weighted by molar-refractivity contribution is 5.50. The Hall–Kier alpha value is -2.28. The second kappa shape index (κ2) is 4.92. The number of rotatable bonds is 3. The van der Waals surface area contributed by atoms with Gasteiger partial charge in [0.05, 0.1) is 23.9 Å². The van der Waals surface area contributed by atoms with Crippen LogP contribution in [0.1, 0.15) is 22.9 Å². The zero-order valence-corrected chi connectivity index (χ0v) is 10.8. The Morgan fingerprint density at radius 3 is 2.78 bits per heavy atom. The van der Waals surface area contributed by atoms with Crippen molar-refractivity contribution in [3.05, 3.63) is 47.2 Å². The van der Waals surface area contributed by atoms with Gasteiger partial charge in [-0.1, -0.05) is 6.07 Å². The molecule has 1 heterocycles. The number of nitrogens with zero attached hydrogens (tertiary/aromatic N) is 3. The summed E-state index contributed by atoms with van der Waals surface area (Å²) in [6, 6.07) is 9.61. The van der Waals surface area contributed by atoms with E-state index in [9.17, 15) is 0 Å². The fourth-order valence-corrected chi connectivity index (χ4v) is 1.71. The molecule has 0 atom stereocenters. The summed E-state index contributed by atoms with van der Waals surface area (Å²) in [7, 11) is 1.95. The zero-order chi connectivity index (χ0) is 13.1. The lowest BCUT2D eigenvalue weighted by Crippen LogP contribution is -2.16. The van der Waals surface area contributed by atoms with Crippen LogP contribution in [0.2, 0.25) is 0 Å². The number of anilines is 1. The van der Waals surface area contributed by atoms with E-state index in [0.29, 0.717) is 18.0 Å². The third-order valence-corrected chi connectivity index (χ3v) is 2.86. The Balaban J connectivity index is 2.16. The van der Waals surface area contributed by atoms with Crippen molar-refractivity contribution in [2.45, 2.75) is 20.4 Å². The molecule has 0 saturated heterocycles. The maximum absolute atomic E-state index is 8.87. The monoisotopic (exact) mass is 241 g/mol. The van der Waals surface area contributed by atoms with E-state index in [1.165, 1.54) is 0 Å². The lowest BCUT2D eigenvalue weighted by Gasteiger charge is -2.17. The predicted octanol–water partition coefficient (Wildman–Crippen LogP) is 2.80. The molecule has 4 nitrogen and oxygen atoms in total. The first-order valence-corrected chi connectivity index (χ1v) is 5.74. The van der Waals surface area contributed by atoms with Crippen molar-refractivity contribution in [3.63, 3.8) is 0 Å². The predicted molar refractivity (Wildman–Crippen MR) is 69.2 cm³/mol. The van der Waals surface area contributed by atoms with Gasteiger partial charge in [-0.3, -0.25) is 0 Å². The van der Waals surface area contributed by atoms with Crippen LogP contribution >= 0.6 is 0 Å². The van der Waals surface area contributed by atoms with E-state index in [4.69, 9.17) is 9.68 Å². The lowest BCUT2D eigenvalue weighted by molar-refractivity contribution is 0.469. The molecule has 18 heavy (non-hydrogen) atoms. The quantitative estimate of drug-likeness (QED) is 0.829. The molecule has 2 aromatic rings. The summed E-state index contributed by atoms with van der Waals surface area (Å²) in [4.78, 5) is 6.35. The van der Waals surface area contributed by atoms with Gasteiger partial charge in [0.1, 0.15) is 5.76 Å². The van der Waals surface area contributed by atoms with Crippen LogP contribution in [0.15, 0.2) is 28.7 Å². The molecule has 0 aliphatic rings. The molecule has 0 aliphatic carbocycles. The first-order valence-electron chi connectivity index (χ1n) is 5.74. The molecule has 0 N–H and O–H groups in total. The van der Waals surface area contributed by atoms with Gasteiger partial charge in [0, 0.05) is 12.7 Å². The molecule has 4 heteroatoms. The van der Waals surface area contributed by atoms with E-state index in [2.05, 4.69) is 11.1 Å². The maximum Gasteiger partial charge on any atom is 0.214 e. The number of hydrogen-bond donors (Lipinski definition) is 0. The van der Waals surface area contributed by atoms with Crippen molar-refractivity contribution in [1.29, 1.82) is 5.26 Å². The van der Waals surface area contributed by atoms with Crippen LogP contribution < -0.4 is 4.90 Å². The zero-order valence-electron chi connectivity index (χ0n) is 10.8. The minimum absolute atomic E-state index is 0.587. The number of aryl methyl sites for hydroxylation is 2. The molecule has 0 fully saturated rings. The molecular formula is C14H15N3O. The fourth-order valence-electron chi connectivity index (χ4n) is 1.71. The first-order chi connectivity index (χ1) is 8.60. The van der Waals surface area contributed by atoms with Gasteiger partial charge >= 0.3 is 0 Å². The summed E-state index contributed by atoms with van der Waals surface area (Å²) in [5, 5.41) is 8.87. The third-order valence-electron chi connectivity index (χ3n) is 2.86. The number of hydrogen-bond acceptors (Lipinski definition) is 4. The van der Waals surface area contributed by atoms with Crippen LogP contribution in [0.3, 0.4) is 0 Å². The van der Waals surface area contributed by atoms with Gasteiger partial charge in [-0.25, -0.2) is 4.98 Å². The Labute approximate surface area is 106 Å². The van der Waals surface area contributed by atoms with Crippen molar-refractivity contribution in [2.24, 2.45) is 0 Å². The van der Waals surface area contributed by atoms with Crippen molar-refractivity contribution >= 4 is 5.69 Å².